The largest absolute Gasteiger partial charge is 0.417 e. The molecule has 2 N–H and O–H groups in total. The topological polar surface area (TPSA) is 90.4 Å². The molecule has 0 saturated carbocycles. The molecule has 1 fully saturated rings. The van der Waals surface area contributed by atoms with E-state index in [1.807, 2.05) is 13.8 Å². The van der Waals surface area contributed by atoms with Crippen LogP contribution < -0.4 is 10.6 Å². The van der Waals surface area contributed by atoms with E-state index in [1.165, 1.54) is 21.9 Å². The minimum atomic E-state index is -4.70. The zero-order valence-electron chi connectivity index (χ0n) is 15.1. The van der Waals surface area contributed by atoms with Gasteiger partial charge in [-0.1, -0.05) is 13.8 Å². The number of benzene rings is 1. The number of carbonyl (C=O) groups is 2. The number of rotatable bonds is 4. The molecule has 2 amide bonds. The Labute approximate surface area is 155 Å². The van der Waals surface area contributed by atoms with Gasteiger partial charge in [0.05, 0.1) is 23.7 Å². The van der Waals surface area contributed by atoms with Crippen LogP contribution in [0.3, 0.4) is 0 Å². The summed E-state index contributed by atoms with van der Waals surface area (Å²) in [5.74, 6) is -0.697. The molecule has 1 aromatic carbocycles. The van der Waals surface area contributed by atoms with Gasteiger partial charge in [-0.05, 0) is 24.1 Å². The van der Waals surface area contributed by atoms with Crippen molar-refractivity contribution in [2.45, 2.75) is 32.5 Å². The van der Waals surface area contributed by atoms with Crippen molar-refractivity contribution in [1.82, 2.24) is 4.90 Å². The van der Waals surface area contributed by atoms with Crippen LogP contribution in [0, 0.1) is 17.2 Å². The molecule has 0 bridgehead atoms. The molecule has 0 aliphatic carbocycles. The first kappa shape index (κ1) is 20.6. The monoisotopic (exact) mass is 382 g/mol. The Morgan fingerprint density at radius 2 is 2.00 bits per heavy atom. The van der Waals surface area contributed by atoms with E-state index in [0.29, 0.717) is 6.42 Å². The number of hydrogen-bond acceptors (Lipinski definition) is 4. The maximum absolute atomic E-state index is 13.2. The van der Waals surface area contributed by atoms with Gasteiger partial charge in [0.25, 0.3) is 0 Å². The zero-order valence-corrected chi connectivity index (χ0v) is 15.1. The van der Waals surface area contributed by atoms with Crippen molar-refractivity contribution in [3.8, 4) is 6.07 Å². The van der Waals surface area contributed by atoms with E-state index in [2.05, 4.69) is 0 Å². The predicted molar refractivity (Wildman–Crippen MR) is 92.5 cm³/mol. The summed E-state index contributed by atoms with van der Waals surface area (Å²) in [6.45, 7) is 4.25. The van der Waals surface area contributed by atoms with Crippen molar-refractivity contribution in [2.24, 2.45) is 11.7 Å². The number of anilines is 1. The smallest absolute Gasteiger partial charge is 0.368 e. The molecule has 0 aromatic heterocycles. The number of nitriles is 1. The molecule has 9 heteroatoms. The van der Waals surface area contributed by atoms with Crippen molar-refractivity contribution in [3.63, 3.8) is 0 Å². The van der Waals surface area contributed by atoms with Gasteiger partial charge < -0.3 is 15.5 Å². The lowest BCUT2D eigenvalue weighted by Gasteiger charge is -2.41. The Bertz CT molecular complexity index is 771. The van der Waals surface area contributed by atoms with Crippen molar-refractivity contribution in [1.29, 1.82) is 5.26 Å². The van der Waals surface area contributed by atoms with Gasteiger partial charge in [0, 0.05) is 25.2 Å². The molecule has 146 valence electrons. The number of primary amides is 1. The Morgan fingerprint density at radius 1 is 1.33 bits per heavy atom. The summed E-state index contributed by atoms with van der Waals surface area (Å²) in [4.78, 5) is 27.1. The SMILES string of the molecule is CC(C)CC(=O)N1CCN(c2ccc(C#N)c(C(F)(F)F)c2)C(C(N)=O)C1. The highest BCUT2D eigenvalue weighted by Gasteiger charge is 2.37. The van der Waals surface area contributed by atoms with Gasteiger partial charge in [-0.15, -0.1) is 0 Å². The minimum absolute atomic E-state index is 0.0161. The molecular weight excluding hydrogens is 361 g/mol. The molecule has 6 nitrogen and oxygen atoms in total. The molecule has 1 unspecified atom stereocenters. The molecule has 27 heavy (non-hydrogen) atoms. The van der Waals surface area contributed by atoms with Gasteiger partial charge in [-0.3, -0.25) is 9.59 Å². The zero-order chi connectivity index (χ0) is 20.4. The second-order valence-electron chi connectivity index (χ2n) is 6.89. The van der Waals surface area contributed by atoms with Gasteiger partial charge >= 0.3 is 6.18 Å². The van der Waals surface area contributed by atoms with E-state index in [1.54, 1.807) is 0 Å². The number of alkyl halides is 3. The molecular formula is C18H21F3N4O2. The van der Waals surface area contributed by atoms with Crippen LogP contribution in [0.25, 0.3) is 0 Å². The fraction of sp³-hybridized carbons (Fsp3) is 0.500. The van der Waals surface area contributed by atoms with Crippen molar-refractivity contribution in [3.05, 3.63) is 29.3 Å². The Morgan fingerprint density at radius 3 is 2.52 bits per heavy atom. The van der Waals surface area contributed by atoms with Crippen LogP contribution in [0.2, 0.25) is 0 Å². The van der Waals surface area contributed by atoms with Crippen molar-refractivity contribution < 1.29 is 22.8 Å². The van der Waals surface area contributed by atoms with Crippen LogP contribution in [0.4, 0.5) is 18.9 Å². The van der Waals surface area contributed by atoms with Crippen LogP contribution in [-0.2, 0) is 15.8 Å². The van der Waals surface area contributed by atoms with E-state index in [9.17, 15) is 22.8 Å². The standard InChI is InChI=1S/C18H21F3N4O2/c1-11(2)7-16(26)24-5-6-25(15(10-24)17(23)27)13-4-3-12(9-22)14(8-13)18(19,20)21/h3-4,8,11,15H,5-7,10H2,1-2H3,(H2,23,27). The third-order valence-corrected chi connectivity index (χ3v) is 4.41. The Kier molecular flexibility index (Phi) is 5.98. The van der Waals surface area contributed by atoms with E-state index < -0.39 is 29.3 Å². The third-order valence-electron chi connectivity index (χ3n) is 4.41. The average molecular weight is 382 g/mol. The number of hydrogen-bond donors (Lipinski definition) is 1. The maximum atomic E-state index is 13.2. The van der Waals surface area contributed by atoms with E-state index in [-0.39, 0.29) is 37.1 Å². The van der Waals surface area contributed by atoms with Crippen LogP contribution in [0.5, 0.6) is 0 Å². The Hall–Kier alpha value is -2.76. The first-order chi connectivity index (χ1) is 12.5. The fourth-order valence-corrected chi connectivity index (χ4v) is 3.08. The number of nitrogens with zero attached hydrogens (tertiary/aromatic N) is 3. The maximum Gasteiger partial charge on any atom is 0.417 e. The van der Waals surface area contributed by atoms with Crippen LogP contribution >= 0.6 is 0 Å². The summed E-state index contributed by atoms with van der Waals surface area (Å²) in [5.41, 5.74) is 4.03. The second-order valence-corrected chi connectivity index (χ2v) is 6.89. The first-order valence-corrected chi connectivity index (χ1v) is 8.49. The average Bonchev–Trinajstić information content (AvgIpc) is 2.59. The van der Waals surface area contributed by atoms with Gasteiger partial charge in [-0.25, -0.2) is 0 Å². The number of piperazine rings is 1. The van der Waals surface area contributed by atoms with Crippen LogP contribution in [-0.4, -0.2) is 42.4 Å². The predicted octanol–water partition coefficient (Wildman–Crippen LogP) is 2.13. The van der Waals surface area contributed by atoms with E-state index >= 15 is 0 Å². The molecule has 1 atom stereocenters. The molecule has 0 radical (unpaired) electrons. The molecule has 1 saturated heterocycles. The van der Waals surface area contributed by atoms with Crippen molar-refractivity contribution in [2.75, 3.05) is 24.5 Å². The van der Waals surface area contributed by atoms with E-state index in [0.717, 1.165) is 12.1 Å². The van der Waals surface area contributed by atoms with Gasteiger partial charge in [0.15, 0.2) is 0 Å². The molecule has 1 heterocycles. The highest BCUT2D eigenvalue weighted by Crippen LogP contribution is 2.35. The summed E-state index contributed by atoms with van der Waals surface area (Å²) >= 11 is 0. The summed E-state index contributed by atoms with van der Waals surface area (Å²) < 4.78 is 39.6. The summed E-state index contributed by atoms with van der Waals surface area (Å²) in [6.07, 6.45) is -4.38. The van der Waals surface area contributed by atoms with Gasteiger partial charge in [0.1, 0.15) is 6.04 Å². The highest BCUT2D eigenvalue weighted by molar-refractivity contribution is 5.86. The van der Waals surface area contributed by atoms with Crippen molar-refractivity contribution >= 4 is 17.5 Å². The second kappa shape index (κ2) is 7.86. The van der Waals surface area contributed by atoms with Gasteiger partial charge in [0.2, 0.25) is 11.8 Å². The lowest BCUT2D eigenvalue weighted by molar-refractivity contribution is -0.137. The lowest BCUT2D eigenvalue weighted by Crippen LogP contribution is -2.59. The highest BCUT2D eigenvalue weighted by atomic mass is 19.4. The number of carbonyl (C=O) groups excluding carboxylic acids is 2. The number of halogens is 3. The Balaban J connectivity index is 2.32. The lowest BCUT2D eigenvalue weighted by atomic mass is 10.0. The molecule has 1 aliphatic heterocycles. The third kappa shape index (κ3) is 4.70. The molecule has 1 aromatic rings. The molecule has 0 spiro atoms. The summed E-state index contributed by atoms with van der Waals surface area (Å²) in [6, 6.07) is 3.86. The minimum Gasteiger partial charge on any atom is -0.368 e. The number of nitrogens with two attached hydrogens (primary N) is 1. The number of amides is 2. The normalized spacial score (nSPS) is 17.7. The molecule has 1 aliphatic rings. The van der Waals surface area contributed by atoms with Gasteiger partial charge in [-0.2, -0.15) is 18.4 Å². The van der Waals surface area contributed by atoms with Crippen LogP contribution in [0.15, 0.2) is 18.2 Å². The van der Waals surface area contributed by atoms with Crippen LogP contribution in [0.1, 0.15) is 31.4 Å². The fourth-order valence-electron chi connectivity index (χ4n) is 3.08. The first-order valence-electron chi connectivity index (χ1n) is 8.49. The summed E-state index contributed by atoms with van der Waals surface area (Å²) in [7, 11) is 0. The quantitative estimate of drug-likeness (QED) is 0.864. The van der Waals surface area contributed by atoms with E-state index in [4.69, 9.17) is 11.0 Å². The summed E-state index contributed by atoms with van der Waals surface area (Å²) in [5, 5.41) is 8.91. The molecule has 2 rings (SSSR count).